The fourth-order valence-electron chi connectivity index (χ4n) is 2.74. The van der Waals surface area contributed by atoms with Crippen molar-refractivity contribution in [3.8, 4) is 0 Å². The van der Waals surface area contributed by atoms with E-state index in [-0.39, 0.29) is 12.6 Å². The average molecular weight is 293 g/mol. The summed E-state index contributed by atoms with van der Waals surface area (Å²) >= 11 is 5.19. The van der Waals surface area contributed by atoms with Gasteiger partial charge in [-0.3, -0.25) is 0 Å². The maximum atomic E-state index is 9.28. The highest BCUT2D eigenvalue weighted by molar-refractivity contribution is 7.80. The molecular formula is C15H23N3OS. The van der Waals surface area contributed by atoms with Gasteiger partial charge in [0.1, 0.15) is 10.8 Å². The van der Waals surface area contributed by atoms with Crippen molar-refractivity contribution in [3.05, 3.63) is 22.9 Å². The van der Waals surface area contributed by atoms with Gasteiger partial charge in [0.15, 0.2) is 0 Å². The molecule has 3 N–H and O–H groups in total. The summed E-state index contributed by atoms with van der Waals surface area (Å²) in [6, 6.07) is 2.34. The number of aromatic nitrogens is 1. The van der Waals surface area contributed by atoms with E-state index in [0.29, 0.717) is 11.5 Å². The maximum absolute atomic E-state index is 9.28. The van der Waals surface area contributed by atoms with Crippen LogP contribution in [0.5, 0.6) is 0 Å². The Hall–Kier alpha value is -1.20. The number of pyridine rings is 1. The van der Waals surface area contributed by atoms with E-state index in [1.165, 1.54) is 18.4 Å². The summed E-state index contributed by atoms with van der Waals surface area (Å²) < 4.78 is 0. The third-order valence-electron chi connectivity index (χ3n) is 3.78. The summed E-state index contributed by atoms with van der Waals surface area (Å²) in [5, 5.41) is 9.28. The second-order valence-electron chi connectivity index (χ2n) is 5.55. The molecule has 0 saturated carbocycles. The Balaban J connectivity index is 2.51. The Kier molecular flexibility index (Phi) is 4.94. The molecule has 2 rings (SSSR count). The van der Waals surface area contributed by atoms with E-state index >= 15 is 0 Å². The van der Waals surface area contributed by atoms with Crippen molar-refractivity contribution in [2.75, 3.05) is 18.1 Å². The van der Waals surface area contributed by atoms with Gasteiger partial charge < -0.3 is 15.7 Å². The zero-order chi connectivity index (χ0) is 14.7. The molecule has 0 saturated heterocycles. The molecule has 0 bridgehead atoms. The second-order valence-corrected chi connectivity index (χ2v) is 5.99. The topological polar surface area (TPSA) is 62.4 Å². The SMILES string of the molecule is CC(C)N(CCO)c1nc2c(cc1C(N)=S)CCCC2. The lowest BCUT2D eigenvalue weighted by Crippen LogP contribution is -2.36. The van der Waals surface area contributed by atoms with E-state index in [1.54, 1.807) is 0 Å². The number of aryl methyl sites for hydroxylation is 2. The van der Waals surface area contributed by atoms with E-state index in [4.69, 9.17) is 22.9 Å². The van der Waals surface area contributed by atoms with Gasteiger partial charge in [-0.05, 0) is 51.2 Å². The molecule has 20 heavy (non-hydrogen) atoms. The predicted molar refractivity (Wildman–Crippen MR) is 86.3 cm³/mol. The fourth-order valence-corrected chi connectivity index (χ4v) is 2.89. The number of thiocarbonyl (C=S) groups is 1. The van der Waals surface area contributed by atoms with Crippen LogP contribution in [0, 0.1) is 0 Å². The molecule has 0 spiro atoms. The fraction of sp³-hybridized carbons (Fsp3) is 0.600. The van der Waals surface area contributed by atoms with Crippen molar-refractivity contribution in [2.24, 2.45) is 5.73 Å². The number of anilines is 1. The number of nitrogens with zero attached hydrogens (tertiary/aromatic N) is 2. The molecule has 1 aliphatic rings. The highest BCUT2D eigenvalue weighted by Crippen LogP contribution is 2.27. The summed E-state index contributed by atoms with van der Waals surface area (Å²) in [4.78, 5) is 7.27. The Morgan fingerprint density at radius 2 is 2.15 bits per heavy atom. The second kappa shape index (κ2) is 6.50. The first-order valence-corrected chi connectivity index (χ1v) is 7.65. The van der Waals surface area contributed by atoms with Crippen molar-refractivity contribution < 1.29 is 5.11 Å². The predicted octanol–water partition coefficient (Wildman–Crippen LogP) is 1.80. The van der Waals surface area contributed by atoms with Crippen molar-refractivity contribution in [2.45, 2.75) is 45.6 Å². The number of aliphatic hydroxyl groups excluding tert-OH is 1. The number of aliphatic hydroxyl groups is 1. The van der Waals surface area contributed by atoms with Crippen LogP contribution < -0.4 is 10.6 Å². The normalized spacial score (nSPS) is 14.2. The molecule has 110 valence electrons. The Labute approximate surface area is 126 Å². The van der Waals surface area contributed by atoms with Crippen LogP contribution in [-0.2, 0) is 12.8 Å². The Morgan fingerprint density at radius 3 is 2.75 bits per heavy atom. The first-order chi connectivity index (χ1) is 9.54. The van der Waals surface area contributed by atoms with Gasteiger partial charge in [0.05, 0.1) is 12.2 Å². The summed E-state index contributed by atoms with van der Waals surface area (Å²) in [6.07, 6.45) is 4.47. The van der Waals surface area contributed by atoms with Gasteiger partial charge in [0.25, 0.3) is 0 Å². The van der Waals surface area contributed by atoms with E-state index < -0.39 is 0 Å². The van der Waals surface area contributed by atoms with Gasteiger partial charge in [0.2, 0.25) is 0 Å². The molecule has 0 fully saturated rings. The molecule has 0 aromatic carbocycles. The van der Waals surface area contributed by atoms with Gasteiger partial charge in [-0.2, -0.15) is 0 Å². The minimum absolute atomic E-state index is 0.0910. The monoisotopic (exact) mass is 293 g/mol. The molecule has 0 radical (unpaired) electrons. The van der Waals surface area contributed by atoms with Gasteiger partial charge in [-0.25, -0.2) is 4.98 Å². The summed E-state index contributed by atoms with van der Waals surface area (Å²) in [7, 11) is 0. The first-order valence-electron chi connectivity index (χ1n) is 7.24. The Morgan fingerprint density at radius 1 is 1.45 bits per heavy atom. The highest BCUT2D eigenvalue weighted by atomic mass is 32.1. The lowest BCUT2D eigenvalue weighted by Gasteiger charge is -2.30. The third kappa shape index (κ3) is 3.10. The lowest BCUT2D eigenvalue weighted by molar-refractivity contribution is 0.298. The molecule has 0 unspecified atom stereocenters. The van der Waals surface area contributed by atoms with E-state index in [0.717, 1.165) is 29.9 Å². The van der Waals surface area contributed by atoms with E-state index in [1.807, 2.05) is 0 Å². The Bertz CT molecular complexity index is 502. The average Bonchev–Trinajstić information content (AvgIpc) is 2.43. The number of hydrogen-bond acceptors (Lipinski definition) is 4. The zero-order valence-electron chi connectivity index (χ0n) is 12.2. The van der Waals surface area contributed by atoms with Gasteiger partial charge in [-0.1, -0.05) is 12.2 Å². The zero-order valence-corrected chi connectivity index (χ0v) is 13.0. The van der Waals surface area contributed by atoms with E-state index in [9.17, 15) is 5.11 Å². The molecule has 0 atom stereocenters. The molecule has 5 heteroatoms. The molecule has 1 aliphatic carbocycles. The third-order valence-corrected chi connectivity index (χ3v) is 4.00. The minimum Gasteiger partial charge on any atom is -0.395 e. The summed E-state index contributed by atoms with van der Waals surface area (Å²) in [6.45, 7) is 4.80. The standard InChI is InChI=1S/C15H23N3OS/c1-10(2)18(7-8-19)15-12(14(16)20)9-11-5-3-4-6-13(11)17-15/h9-10,19H,3-8H2,1-2H3,(H2,16,20). The van der Waals surface area contributed by atoms with Gasteiger partial charge in [0, 0.05) is 18.3 Å². The van der Waals surface area contributed by atoms with Gasteiger partial charge in [-0.15, -0.1) is 0 Å². The van der Waals surface area contributed by atoms with Crippen molar-refractivity contribution in [1.29, 1.82) is 0 Å². The molecule has 4 nitrogen and oxygen atoms in total. The summed E-state index contributed by atoms with van der Waals surface area (Å²) in [5.41, 5.74) is 9.16. The van der Waals surface area contributed by atoms with Crippen LogP contribution in [0.25, 0.3) is 0 Å². The van der Waals surface area contributed by atoms with Crippen molar-refractivity contribution in [1.82, 2.24) is 4.98 Å². The van der Waals surface area contributed by atoms with Crippen LogP contribution in [0.1, 0.15) is 43.5 Å². The molecule has 1 aromatic rings. The highest BCUT2D eigenvalue weighted by Gasteiger charge is 2.21. The molecule has 1 heterocycles. The van der Waals surface area contributed by atoms with Gasteiger partial charge >= 0.3 is 0 Å². The van der Waals surface area contributed by atoms with Crippen molar-refractivity contribution in [3.63, 3.8) is 0 Å². The van der Waals surface area contributed by atoms with Crippen molar-refractivity contribution >= 4 is 23.0 Å². The first kappa shape index (κ1) is 15.2. The lowest BCUT2D eigenvalue weighted by atomic mass is 9.94. The largest absolute Gasteiger partial charge is 0.395 e. The number of rotatable bonds is 5. The van der Waals surface area contributed by atoms with Crippen LogP contribution in [0.3, 0.4) is 0 Å². The number of hydrogen-bond donors (Lipinski definition) is 2. The molecule has 1 aromatic heterocycles. The number of nitrogens with two attached hydrogens (primary N) is 1. The minimum atomic E-state index is 0.0910. The quantitative estimate of drug-likeness (QED) is 0.811. The smallest absolute Gasteiger partial charge is 0.139 e. The van der Waals surface area contributed by atoms with Crippen LogP contribution in [-0.4, -0.2) is 34.3 Å². The van der Waals surface area contributed by atoms with Crippen LogP contribution in [0.2, 0.25) is 0 Å². The molecule has 0 aliphatic heterocycles. The maximum Gasteiger partial charge on any atom is 0.139 e. The summed E-state index contributed by atoms with van der Waals surface area (Å²) in [5.74, 6) is 0.821. The van der Waals surface area contributed by atoms with Crippen LogP contribution >= 0.6 is 12.2 Å². The van der Waals surface area contributed by atoms with Crippen LogP contribution in [0.15, 0.2) is 6.07 Å². The molecule has 0 amide bonds. The molecular weight excluding hydrogens is 270 g/mol. The number of fused-ring (bicyclic) bond motifs is 1. The van der Waals surface area contributed by atoms with E-state index in [2.05, 4.69) is 24.8 Å². The van der Waals surface area contributed by atoms with Crippen LogP contribution in [0.4, 0.5) is 5.82 Å².